The Morgan fingerprint density at radius 1 is 1.33 bits per heavy atom. The summed E-state index contributed by atoms with van der Waals surface area (Å²) >= 11 is 0. The molecule has 2 unspecified atom stereocenters. The first-order chi connectivity index (χ1) is 8.76. The molecule has 2 saturated heterocycles. The molecule has 0 aromatic rings. The van der Waals surface area contributed by atoms with Gasteiger partial charge in [-0.25, -0.2) is 0 Å². The van der Waals surface area contributed by atoms with Crippen molar-refractivity contribution in [1.29, 1.82) is 0 Å². The van der Waals surface area contributed by atoms with Gasteiger partial charge in [0.15, 0.2) is 0 Å². The van der Waals surface area contributed by atoms with Crippen LogP contribution in [0.2, 0.25) is 0 Å². The van der Waals surface area contributed by atoms with Crippen LogP contribution in [0.15, 0.2) is 0 Å². The smallest absolute Gasteiger partial charge is 0.0495 e. The van der Waals surface area contributed by atoms with Crippen molar-refractivity contribution in [2.45, 2.75) is 44.6 Å². The Labute approximate surface area is 111 Å². The fraction of sp³-hybridized carbons (Fsp3) is 1.00. The SMILES string of the molecule is CC1(C2CC2)CN(CCC2CCOC2)CCCN1. The third-order valence-electron chi connectivity index (χ3n) is 5.09. The molecule has 3 fully saturated rings. The number of nitrogens with zero attached hydrogens (tertiary/aromatic N) is 1. The number of ether oxygens (including phenoxy) is 1. The summed E-state index contributed by atoms with van der Waals surface area (Å²) in [6.45, 7) is 9.46. The number of hydrogen-bond donors (Lipinski definition) is 1. The van der Waals surface area contributed by atoms with Crippen molar-refractivity contribution in [3.8, 4) is 0 Å². The lowest BCUT2D eigenvalue weighted by atomic mass is 9.95. The van der Waals surface area contributed by atoms with Crippen LogP contribution in [0.4, 0.5) is 0 Å². The first-order valence-electron chi connectivity index (χ1n) is 7.81. The van der Waals surface area contributed by atoms with Crippen LogP contribution in [0.1, 0.15) is 39.0 Å². The first-order valence-corrected chi connectivity index (χ1v) is 7.81. The second-order valence-electron chi connectivity index (χ2n) is 6.77. The maximum absolute atomic E-state index is 5.48. The molecule has 104 valence electrons. The fourth-order valence-electron chi connectivity index (χ4n) is 3.64. The predicted molar refractivity (Wildman–Crippen MR) is 73.7 cm³/mol. The van der Waals surface area contributed by atoms with Crippen LogP contribution >= 0.6 is 0 Å². The highest BCUT2D eigenvalue weighted by atomic mass is 16.5. The van der Waals surface area contributed by atoms with Crippen LogP contribution in [0.25, 0.3) is 0 Å². The second kappa shape index (κ2) is 5.48. The van der Waals surface area contributed by atoms with Gasteiger partial charge in [0.1, 0.15) is 0 Å². The molecule has 0 bridgehead atoms. The van der Waals surface area contributed by atoms with Gasteiger partial charge in [0.25, 0.3) is 0 Å². The number of rotatable bonds is 4. The van der Waals surface area contributed by atoms with Gasteiger partial charge in [0.2, 0.25) is 0 Å². The minimum atomic E-state index is 0.392. The number of hydrogen-bond acceptors (Lipinski definition) is 3. The minimum Gasteiger partial charge on any atom is -0.381 e. The van der Waals surface area contributed by atoms with Gasteiger partial charge in [0, 0.05) is 25.3 Å². The van der Waals surface area contributed by atoms with E-state index in [-0.39, 0.29) is 0 Å². The minimum absolute atomic E-state index is 0.392. The van der Waals surface area contributed by atoms with E-state index in [4.69, 9.17) is 4.74 Å². The van der Waals surface area contributed by atoms with E-state index >= 15 is 0 Å². The first kappa shape index (κ1) is 12.9. The lowest BCUT2D eigenvalue weighted by molar-refractivity contribution is 0.168. The highest BCUT2D eigenvalue weighted by molar-refractivity contribution is 5.00. The van der Waals surface area contributed by atoms with E-state index in [1.807, 2.05) is 0 Å². The zero-order valence-electron chi connectivity index (χ0n) is 11.8. The Balaban J connectivity index is 1.50. The molecule has 1 saturated carbocycles. The van der Waals surface area contributed by atoms with Crippen LogP contribution in [-0.4, -0.2) is 49.8 Å². The van der Waals surface area contributed by atoms with Crippen molar-refractivity contribution < 1.29 is 4.74 Å². The van der Waals surface area contributed by atoms with Crippen LogP contribution < -0.4 is 5.32 Å². The molecular weight excluding hydrogens is 224 g/mol. The Bertz CT molecular complexity index is 274. The molecular formula is C15H28N2O. The van der Waals surface area contributed by atoms with Crippen molar-refractivity contribution >= 4 is 0 Å². The highest BCUT2D eigenvalue weighted by Gasteiger charge is 2.42. The third-order valence-corrected chi connectivity index (χ3v) is 5.09. The Morgan fingerprint density at radius 3 is 2.94 bits per heavy atom. The standard InChI is InChI=1S/C15H28N2O/c1-15(14-3-4-14)12-17(8-2-7-16-15)9-5-13-6-10-18-11-13/h13-14,16H,2-12H2,1H3. The normalized spacial score (nSPS) is 38.8. The van der Waals surface area contributed by atoms with Gasteiger partial charge in [-0.1, -0.05) is 0 Å². The summed E-state index contributed by atoms with van der Waals surface area (Å²) in [5, 5.41) is 3.81. The van der Waals surface area contributed by atoms with E-state index in [0.29, 0.717) is 5.54 Å². The molecule has 2 heterocycles. The molecule has 3 nitrogen and oxygen atoms in total. The van der Waals surface area contributed by atoms with E-state index in [9.17, 15) is 0 Å². The molecule has 2 atom stereocenters. The van der Waals surface area contributed by atoms with Crippen molar-refractivity contribution in [3.63, 3.8) is 0 Å². The molecule has 1 aliphatic carbocycles. The summed E-state index contributed by atoms with van der Waals surface area (Å²) in [7, 11) is 0. The summed E-state index contributed by atoms with van der Waals surface area (Å²) in [5.74, 6) is 1.77. The molecule has 0 aromatic carbocycles. The van der Waals surface area contributed by atoms with Gasteiger partial charge in [-0.3, -0.25) is 0 Å². The third kappa shape index (κ3) is 3.06. The van der Waals surface area contributed by atoms with E-state index in [1.54, 1.807) is 0 Å². The van der Waals surface area contributed by atoms with Gasteiger partial charge < -0.3 is 15.0 Å². The zero-order valence-corrected chi connectivity index (χ0v) is 11.8. The fourth-order valence-corrected chi connectivity index (χ4v) is 3.64. The van der Waals surface area contributed by atoms with E-state index in [1.165, 1.54) is 58.3 Å². The van der Waals surface area contributed by atoms with Crippen LogP contribution in [0.5, 0.6) is 0 Å². The van der Waals surface area contributed by atoms with Crippen LogP contribution in [-0.2, 0) is 4.74 Å². The van der Waals surface area contributed by atoms with E-state index in [2.05, 4.69) is 17.1 Å². The number of nitrogens with one attached hydrogen (secondary N) is 1. The molecule has 2 aliphatic heterocycles. The zero-order chi connectivity index (χ0) is 12.4. The summed E-state index contributed by atoms with van der Waals surface area (Å²) < 4.78 is 5.48. The van der Waals surface area contributed by atoms with Gasteiger partial charge in [-0.05, 0) is 70.5 Å². The largest absolute Gasteiger partial charge is 0.381 e. The quantitative estimate of drug-likeness (QED) is 0.827. The average Bonchev–Trinajstić information content (AvgIpc) is 3.12. The molecule has 0 amide bonds. The van der Waals surface area contributed by atoms with Gasteiger partial charge in [-0.15, -0.1) is 0 Å². The van der Waals surface area contributed by atoms with E-state index in [0.717, 1.165) is 25.0 Å². The molecule has 0 aromatic heterocycles. The van der Waals surface area contributed by atoms with Gasteiger partial charge in [-0.2, -0.15) is 0 Å². The van der Waals surface area contributed by atoms with E-state index < -0.39 is 0 Å². The molecule has 3 heteroatoms. The maximum Gasteiger partial charge on any atom is 0.0495 e. The topological polar surface area (TPSA) is 24.5 Å². The van der Waals surface area contributed by atoms with Crippen molar-refractivity contribution in [2.24, 2.45) is 11.8 Å². The highest BCUT2D eigenvalue weighted by Crippen LogP contribution is 2.40. The van der Waals surface area contributed by atoms with Crippen molar-refractivity contribution in [2.75, 3.05) is 39.4 Å². The summed E-state index contributed by atoms with van der Waals surface area (Å²) in [6, 6.07) is 0. The van der Waals surface area contributed by atoms with Crippen LogP contribution in [0.3, 0.4) is 0 Å². The summed E-state index contributed by atoms with van der Waals surface area (Å²) in [5.41, 5.74) is 0.392. The molecule has 3 rings (SSSR count). The Kier molecular flexibility index (Phi) is 3.92. The Hall–Kier alpha value is -0.120. The average molecular weight is 252 g/mol. The van der Waals surface area contributed by atoms with Gasteiger partial charge in [0.05, 0.1) is 0 Å². The lowest BCUT2D eigenvalue weighted by Crippen LogP contribution is -2.51. The predicted octanol–water partition coefficient (Wildman–Crippen LogP) is 1.88. The molecule has 0 spiro atoms. The molecule has 1 N–H and O–H groups in total. The monoisotopic (exact) mass is 252 g/mol. The summed E-state index contributed by atoms with van der Waals surface area (Å²) in [6.07, 6.45) is 6.80. The molecule has 18 heavy (non-hydrogen) atoms. The lowest BCUT2D eigenvalue weighted by Gasteiger charge is -2.34. The summed E-state index contributed by atoms with van der Waals surface area (Å²) in [4.78, 5) is 2.70. The van der Waals surface area contributed by atoms with Crippen molar-refractivity contribution in [3.05, 3.63) is 0 Å². The van der Waals surface area contributed by atoms with Gasteiger partial charge >= 0.3 is 0 Å². The molecule has 0 radical (unpaired) electrons. The second-order valence-corrected chi connectivity index (χ2v) is 6.77. The maximum atomic E-state index is 5.48. The van der Waals surface area contributed by atoms with Crippen LogP contribution in [0, 0.1) is 11.8 Å². The van der Waals surface area contributed by atoms with Crippen molar-refractivity contribution in [1.82, 2.24) is 10.2 Å². The molecule has 3 aliphatic rings. The Morgan fingerprint density at radius 2 is 2.22 bits per heavy atom.